The Balaban J connectivity index is 1.65. The minimum Gasteiger partial charge on any atom is -0.445 e. The van der Waals surface area contributed by atoms with Crippen LogP contribution in [-0.2, 0) is 0 Å². The van der Waals surface area contributed by atoms with E-state index in [1.54, 1.807) is 18.1 Å². The number of rotatable bonds is 5. The number of thiazole rings is 1. The summed E-state index contributed by atoms with van der Waals surface area (Å²) in [5.41, 5.74) is 1.82. The van der Waals surface area contributed by atoms with Crippen molar-refractivity contribution in [1.82, 2.24) is 4.98 Å². The summed E-state index contributed by atoms with van der Waals surface area (Å²) < 4.78 is 5.71. The Morgan fingerprint density at radius 3 is 2.50 bits per heavy atom. The van der Waals surface area contributed by atoms with Crippen LogP contribution < -0.4 is 19.9 Å². The van der Waals surface area contributed by atoms with Gasteiger partial charge in [-0.25, -0.2) is 9.78 Å². The van der Waals surface area contributed by atoms with E-state index in [1.807, 2.05) is 73.6 Å². The van der Waals surface area contributed by atoms with Gasteiger partial charge in [0.25, 0.3) is 0 Å². The number of amides is 2. The molecule has 0 fully saturated rings. The van der Waals surface area contributed by atoms with Gasteiger partial charge in [-0.3, -0.25) is 10.2 Å². The zero-order valence-electron chi connectivity index (χ0n) is 14.8. The van der Waals surface area contributed by atoms with Gasteiger partial charge in [0.15, 0.2) is 5.13 Å². The second kappa shape index (κ2) is 7.88. The molecule has 26 heavy (non-hydrogen) atoms. The fourth-order valence-electron chi connectivity index (χ4n) is 2.24. The predicted octanol–water partition coefficient (Wildman–Crippen LogP) is 4.67. The largest absolute Gasteiger partial charge is 0.445 e. The van der Waals surface area contributed by atoms with E-state index in [0.29, 0.717) is 10.2 Å². The molecule has 6 nitrogen and oxygen atoms in total. The summed E-state index contributed by atoms with van der Waals surface area (Å²) in [5.74, 6) is 0.728. The van der Waals surface area contributed by atoms with E-state index < -0.39 is 0 Å². The van der Waals surface area contributed by atoms with Crippen molar-refractivity contribution in [3.05, 3.63) is 60.8 Å². The first-order valence-electron chi connectivity index (χ1n) is 8.04. The van der Waals surface area contributed by atoms with Crippen LogP contribution in [-0.4, -0.2) is 32.2 Å². The van der Waals surface area contributed by atoms with Crippen molar-refractivity contribution in [3.63, 3.8) is 0 Å². The molecule has 0 radical (unpaired) electrons. The SMILES string of the molecule is CN(C)c1cccc(N(C)C(=O)Nc2ncc(Oc3ccccc3)s2)c1. The van der Waals surface area contributed by atoms with Crippen molar-refractivity contribution < 1.29 is 9.53 Å². The molecule has 2 aromatic carbocycles. The Labute approximate surface area is 156 Å². The highest BCUT2D eigenvalue weighted by atomic mass is 32.1. The Bertz CT molecular complexity index is 880. The highest BCUT2D eigenvalue weighted by Crippen LogP contribution is 2.30. The van der Waals surface area contributed by atoms with Crippen LogP contribution in [0.2, 0.25) is 0 Å². The van der Waals surface area contributed by atoms with E-state index in [4.69, 9.17) is 4.74 Å². The van der Waals surface area contributed by atoms with Crippen LogP contribution in [0.25, 0.3) is 0 Å². The van der Waals surface area contributed by atoms with Gasteiger partial charge in [-0.15, -0.1) is 0 Å². The number of para-hydroxylation sites is 1. The average Bonchev–Trinajstić information content (AvgIpc) is 3.08. The zero-order valence-corrected chi connectivity index (χ0v) is 15.7. The Morgan fingerprint density at radius 1 is 1.04 bits per heavy atom. The number of aromatic nitrogens is 1. The Morgan fingerprint density at radius 2 is 1.77 bits per heavy atom. The summed E-state index contributed by atoms with van der Waals surface area (Å²) in [6.45, 7) is 0. The van der Waals surface area contributed by atoms with Gasteiger partial charge < -0.3 is 9.64 Å². The van der Waals surface area contributed by atoms with E-state index in [-0.39, 0.29) is 6.03 Å². The maximum Gasteiger partial charge on any atom is 0.327 e. The van der Waals surface area contributed by atoms with E-state index >= 15 is 0 Å². The van der Waals surface area contributed by atoms with Crippen molar-refractivity contribution in [2.45, 2.75) is 0 Å². The number of carbonyl (C=O) groups excluding carboxylic acids is 1. The number of ether oxygens (including phenoxy) is 1. The van der Waals surface area contributed by atoms with Crippen LogP contribution in [0.1, 0.15) is 0 Å². The van der Waals surface area contributed by atoms with Gasteiger partial charge >= 0.3 is 6.03 Å². The van der Waals surface area contributed by atoms with Gasteiger partial charge in [0.1, 0.15) is 5.75 Å². The first-order chi connectivity index (χ1) is 12.5. The number of hydrogen-bond donors (Lipinski definition) is 1. The van der Waals surface area contributed by atoms with Crippen molar-refractivity contribution in [2.75, 3.05) is 36.3 Å². The number of anilines is 3. The zero-order chi connectivity index (χ0) is 18.5. The predicted molar refractivity (Wildman–Crippen MR) is 107 cm³/mol. The lowest BCUT2D eigenvalue weighted by Gasteiger charge is -2.20. The van der Waals surface area contributed by atoms with Gasteiger partial charge in [-0.05, 0) is 30.3 Å². The molecule has 2 amide bonds. The number of nitrogens with zero attached hydrogens (tertiary/aromatic N) is 3. The Hall–Kier alpha value is -3.06. The normalized spacial score (nSPS) is 10.3. The fraction of sp³-hybridized carbons (Fsp3) is 0.158. The number of benzene rings is 2. The van der Waals surface area contributed by atoms with Gasteiger partial charge in [0.2, 0.25) is 5.06 Å². The summed E-state index contributed by atoms with van der Waals surface area (Å²) in [6, 6.07) is 16.9. The number of hydrogen-bond acceptors (Lipinski definition) is 5. The highest BCUT2D eigenvalue weighted by Gasteiger charge is 2.14. The van der Waals surface area contributed by atoms with Crippen molar-refractivity contribution in [3.8, 4) is 10.8 Å². The third-order valence-corrected chi connectivity index (χ3v) is 4.49. The van der Waals surface area contributed by atoms with Crippen molar-refractivity contribution >= 4 is 33.9 Å². The minimum absolute atomic E-state index is 0.262. The lowest BCUT2D eigenvalue weighted by atomic mass is 10.2. The molecule has 0 aliphatic carbocycles. The number of nitrogens with one attached hydrogen (secondary N) is 1. The molecule has 0 bridgehead atoms. The van der Waals surface area contributed by atoms with Gasteiger partial charge in [-0.1, -0.05) is 35.6 Å². The first kappa shape index (κ1) is 17.8. The molecule has 0 saturated carbocycles. The summed E-state index contributed by atoms with van der Waals surface area (Å²) >= 11 is 1.28. The summed E-state index contributed by atoms with van der Waals surface area (Å²) in [4.78, 5) is 20.2. The molecule has 0 spiro atoms. The highest BCUT2D eigenvalue weighted by molar-refractivity contribution is 7.17. The molecular formula is C19H20N4O2S. The molecule has 7 heteroatoms. The Kier molecular flexibility index (Phi) is 5.38. The smallest absolute Gasteiger partial charge is 0.327 e. The molecule has 3 rings (SSSR count). The second-order valence-electron chi connectivity index (χ2n) is 5.80. The summed E-state index contributed by atoms with van der Waals surface area (Å²) in [6.07, 6.45) is 1.60. The first-order valence-corrected chi connectivity index (χ1v) is 8.85. The van der Waals surface area contributed by atoms with Crippen LogP contribution in [0, 0.1) is 0 Å². The van der Waals surface area contributed by atoms with Crippen LogP contribution in [0.3, 0.4) is 0 Å². The maximum absolute atomic E-state index is 12.5. The van der Waals surface area contributed by atoms with E-state index in [2.05, 4.69) is 10.3 Å². The van der Waals surface area contributed by atoms with Crippen molar-refractivity contribution in [1.29, 1.82) is 0 Å². The minimum atomic E-state index is -0.262. The topological polar surface area (TPSA) is 57.7 Å². The average molecular weight is 368 g/mol. The summed E-state index contributed by atoms with van der Waals surface area (Å²) in [5, 5.41) is 3.89. The molecule has 1 heterocycles. The third kappa shape index (κ3) is 4.31. The number of carbonyl (C=O) groups is 1. The molecule has 1 N–H and O–H groups in total. The molecule has 134 valence electrons. The lowest BCUT2D eigenvalue weighted by Crippen LogP contribution is -2.31. The lowest BCUT2D eigenvalue weighted by molar-refractivity contribution is 0.258. The fourth-order valence-corrected chi connectivity index (χ4v) is 2.92. The van der Waals surface area contributed by atoms with Crippen LogP contribution >= 0.6 is 11.3 Å². The summed E-state index contributed by atoms with van der Waals surface area (Å²) in [7, 11) is 5.64. The molecule has 3 aromatic rings. The molecule has 0 aliphatic rings. The molecule has 0 unspecified atom stereocenters. The molecule has 0 aliphatic heterocycles. The quantitative estimate of drug-likeness (QED) is 0.711. The van der Waals surface area contributed by atoms with E-state index in [9.17, 15) is 4.79 Å². The van der Waals surface area contributed by atoms with Crippen molar-refractivity contribution in [2.24, 2.45) is 0 Å². The standard InChI is InChI=1S/C19H20N4O2S/c1-22(2)14-8-7-9-15(12-14)23(3)19(24)21-18-20-13-17(26-18)25-16-10-5-4-6-11-16/h4-13H,1-3H3,(H,20,21,24). The third-order valence-electron chi connectivity index (χ3n) is 3.70. The molecule has 0 atom stereocenters. The van der Waals surface area contributed by atoms with Gasteiger partial charge in [0, 0.05) is 32.5 Å². The molecule has 0 saturated heterocycles. The second-order valence-corrected chi connectivity index (χ2v) is 6.80. The van der Waals surface area contributed by atoms with Crippen LogP contribution in [0.4, 0.5) is 21.3 Å². The van der Waals surface area contributed by atoms with E-state index in [1.165, 1.54) is 11.3 Å². The monoisotopic (exact) mass is 368 g/mol. The van der Waals surface area contributed by atoms with Crippen LogP contribution in [0.5, 0.6) is 10.8 Å². The van der Waals surface area contributed by atoms with Crippen LogP contribution in [0.15, 0.2) is 60.8 Å². The molecular weight excluding hydrogens is 348 g/mol. The molecule has 1 aromatic heterocycles. The number of urea groups is 1. The van der Waals surface area contributed by atoms with E-state index in [0.717, 1.165) is 17.1 Å². The van der Waals surface area contributed by atoms with Gasteiger partial charge in [0.05, 0.1) is 6.20 Å². The van der Waals surface area contributed by atoms with Gasteiger partial charge in [-0.2, -0.15) is 0 Å². The maximum atomic E-state index is 12.5.